The predicted octanol–water partition coefficient (Wildman–Crippen LogP) is 2.56. The van der Waals surface area contributed by atoms with Crippen LogP contribution in [0.2, 0.25) is 0 Å². The van der Waals surface area contributed by atoms with Gasteiger partial charge in [0.2, 0.25) is 0 Å². The fourth-order valence-corrected chi connectivity index (χ4v) is 2.61. The highest BCUT2D eigenvalue weighted by molar-refractivity contribution is 5.58. The van der Waals surface area contributed by atoms with Crippen molar-refractivity contribution in [3.8, 4) is 5.75 Å². The highest BCUT2D eigenvalue weighted by Gasteiger charge is 2.26. The molecular formula is C15H23N3O3. The molecule has 0 aromatic heterocycles. The lowest BCUT2D eigenvalue weighted by Crippen LogP contribution is -2.29. The summed E-state index contributed by atoms with van der Waals surface area (Å²) >= 11 is 0. The lowest BCUT2D eigenvalue weighted by atomic mass is 10.0. The van der Waals surface area contributed by atoms with Crippen molar-refractivity contribution in [2.75, 3.05) is 24.6 Å². The quantitative estimate of drug-likeness (QED) is 0.644. The van der Waals surface area contributed by atoms with Gasteiger partial charge in [-0.3, -0.25) is 10.1 Å². The molecule has 1 aliphatic rings. The van der Waals surface area contributed by atoms with Gasteiger partial charge < -0.3 is 15.4 Å². The first kappa shape index (κ1) is 15.6. The number of nitro benzene ring substituents is 1. The maximum absolute atomic E-state index is 11.1. The van der Waals surface area contributed by atoms with Gasteiger partial charge in [0.05, 0.1) is 17.6 Å². The summed E-state index contributed by atoms with van der Waals surface area (Å²) in [6.45, 7) is 6.29. The van der Waals surface area contributed by atoms with Crippen LogP contribution >= 0.6 is 0 Å². The third-order valence-electron chi connectivity index (χ3n) is 3.89. The number of anilines is 1. The molecule has 0 amide bonds. The zero-order chi connectivity index (χ0) is 15.4. The van der Waals surface area contributed by atoms with Crippen LogP contribution in [0.5, 0.6) is 5.75 Å². The molecule has 2 unspecified atom stereocenters. The van der Waals surface area contributed by atoms with Crippen LogP contribution in [0.15, 0.2) is 18.2 Å². The molecule has 116 valence electrons. The predicted molar refractivity (Wildman–Crippen MR) is 82.9 cm³/mol. The first-order chi connectivity index (χ1) is 10.0. The van der Waals surface area contributed by atoms with Crippen LogP contribution in [-0.4, -0.2) is 30.7 Å². The van der Waals surface area contributed by atoms with Crippen LogP contribution < -0.4 is 15.4 Å². The number of ether oxygens (including phenoxy) is 1. The summed E-state index contributed by atoms with van der Waals surface area (Å²) in [7, 11) is 0. The van der Waals surface area contributed by atoms with Gasteiger partial charge in [0.1, 0.15) is 5.75 Å². The van der Waals surface area contributed by atoms with Crippen molar-refractivity contribution in [2.24, 2.45) is 11.7 Å². The van der Waals surface area contributed by atoms with Gasteiger partial charge in [0.25, 0.3) is 5.69 Å². The Morgan fingerprint density at radius 2 is 2.29 bits per heavy atom. The van der Waals surface area contributed by atoms with Gasteiger partial charge in [-0.15, -0.1) is 0 Å². The standard InChI is InChI=1S/C15H23N3O3/c1-3-6-21-15-8-13(7-14(9-15)18(19)20)17-5-4-12(10-17)11(2)16/h7-9,11-12H,3-6,10,16H2,1-2H3. The summed E-state index contributed by atoms with van der Waals surface area (Å²) in [4.78, 5) is 12.9. The number of nitrogens with two attached hydrogens (primary N) is 1. The van der Waals surface area contributed by atoms with Gasteiger partial charge >= 0.3 is 0 Å². The van der Waals surface area contributed by atoms with E-state index >= 15 is 0 Å². The van der Waals surface area contributed by atoms with E-state index in [1.807, 2.05) is 19.9 Å². The maximum atomic E-state index is 11.1. The lowest BCUT2D eigenvalue weighted by molar-refractivity contribution is -0.384. The molecule has 0 spiro atoms. The fourth-order valence-electron chi connectivity index (χ4n) is 2.61. The van der Waals surface area contributed by atoms with E-state index in [2.05, 4.69) is 4.90 Å². The van der Waals surface area contributed by atoms with Crippen LogP contribution in [0.25, 0.3) is 0 Å². The van der Waals surface area contributed by atoms with Crippen molar-refractivity contribution in [3.63, 3.8) is 0 Å². The van der Waals surface area contributed by atoms with Gasteiger partial charge in [0.15, 0.2) is 0 Å². The lowest BCUT2D eigenvalue weighted by Gasteiger charge is -2.20. The second kappa shape index (κ2) is 6.76. The van der Waals surface area contributed by atoms with E-state index in [1.165, 1.54) is 6.07 Å². The van der Waals surface area contributed by atoms with Crippen LogP contribution in [0.3, 0.4) is 0 Å². The van der Waals surface area contributed by atoms with E-state index in [1.54, 1.807) is 6.07 Å². The number of non-ortho nitro benzene ring substituents is 1. The van der Waals surface area contributed by atoms with Crippen molar-refractivity contribution in [1.82, 2.24) is 0 Å². The molecule has 2 N–H and O–H groups in total. The molecule has 2 rings (SSSR count). The topological polar surface area (TPSA) is 81.6 Å². The summed E-state index contributed by atoms with van der Waals surface area (Å²) in [5.74, 6) is 0.995. The van der Waals surface area contributed by atoms with Gasteiger partial charge in [-0.2, -0.15) is 0 Å². The zero-order valence-electron chi connectivity index (χ0n) is 12.6. The number of nitro groups is 1. The second-order valence-corrected chi connectivity index (χ2v) is 5.64. The second-order valence-electron chi connectivity index (χ2n) is 5.64. The minimum atomic E-state index is -0.374. The molecule has 6 heteroatoms. The number of nitrogens with zero attached hydrogens (tertiary/aromatic N) is 2. The fraction of sp³-hybridized carbons (Fsp3) is 0.600. The van der Waals surface area contributed by atoms with Gasteiger partial charge in [-0.05, 0) is 25.7 Å². The third-order valence-corrected chi connectivity index (χ3v) is 3.89. The number of hydrogen-bond donors (Lipinski definition) is 1. The van der Waals surface area contributed by atoms with E-state index in [0.29, 0.717) is 18.3 Å². The maximum Gasteiger partial charge on any atom is 0.275 e. The van der Waals surface area contributed by atoms with Gasteiger partial charge in [-0.1, -0.05) is 6.92 Å². The zero-order valence-corrected chi connectivity index (χ0v) is 12.6. The Morgan fingerprint density at radius 1 is 1.52 bits per heavy atom. The summed E-state index contributed by atoms with van der Waals surface area (Å²) in [5, 5.41) is 11.1. The van der Waals surface area contributed by atoms with E-state index in [9.17, 15) is 10.1 Å². The van der Waals surface area contributed by atoms with E-state index in [4.69, 9.17) is 10.5 Å². The molecule has 1 aliphatic heterocycles. The molecule has 6 nitrogen and oxygen atoms in total. The molecule has 1 fully saturated rings. The van der Waals surface area contributed by atoms with Crippen LogP contribution in [0.1, 0.15) is 26.7 Å². The summed E-state index contributed by atoms with van der Waals surface area (Å²) < 4.78 is 5.56. The number of benzene rings is 1. The number of rotatable bonds is 6. The van der Waals surface area contributed by atoms with E-state index in [0.717, 1.165) is 31.6 Å². The molecule has 1 aromatic rings. The molecule has 0 aliphatic carbocycles. The Hall–Kier alpha value is -1.82. The van der Waals surface area contributed by atoms with Crippen molar-refractivity contribution in [1.29, 1.82) is 0 Å². The first-order valence-corrected chi connectivity index (χ1v) is 7.44. The van der Waals surface area contributed by atoms with Crippen molar-refractivity contribution < 1.29 is 9.66 Å². The summed E-state index contributed by atoms with van der Waals surface area (Å²) in [5.41, 5.74) is 6.87. The highest BCUT2D eigenvalue weighted by Crippen LogP contribution is 2.32. The van der Waals surface area contributed by atoms with Gasteiger partial charge in [0, 0.05) is 37.0 Å². The molecule has 0 saturated carbocycles. The third kappa shape index (κ3) is 3.85. The Bertz CT molecular complexity index is 505. The molecule has 2 atom stereocenters. The highest BCUT2D eigenvalue weighted by atomic mass is 16.6. The smallest absolute Gasteiger partial charge is 0.275 e. The molecule has 0 radical (unpaired) electrons. The molecule has 1 aromatic carbocycles. The summed E-state index contributed by atoms with van der Waals surface area (Å²) in [6.07, 6.45) is 1.89. The van der Waals surface area contributed by atoms with Crippen molar-refractivity contribution >= 4 is 11.4 Å². The van der Waals surface area contributed by atoms with Crippen LogP contribution in [-0.2, 0) is 0 Å². The SMILES string of the molecule is CCCOc1cc(N2CCC(C(C)N)C2)cc([N+](=O)[O-])c1. The Morgan fingerprint density at radius 3 is 2.86 bits per heavy atom. The molecular weight excluding hydrogens is 270 g/mol. The average molecular weight is 293 g/mol. The normalized spacial score (nSPS) is 19.6. The average Bonchev–Trinajstić information content (AvgIpc) is 2.94. The minimum Gasteiger partial charge on any atom is -0.493 e. The van der Waals surface area contributed by atoms with E-state index in [-0.39, 0.29) is 16.7 Å². The Kier molecular flexibility index (Phi) is 5.01. The minimum absolute atomic E-state index is 0.0721. The monoisotopic (exact) mass is 293 g/mol. The largest absolute Gasteiger partial charge is 0.493 e. The molecule has 1 heterocycles. The number of hydrogen-bond acceptors (Lipinski definition) is 5. The van der Waals surface area contributed by atoms with Crippen molar-refractivity contribution in [3.05, 3.63) is 28.3 Å². The Balaban J connectivity index is 2.22. The van der Waals surface area contributed by atoms with Gasteiger partial charge in [-0.25, -0.2) is 0 Å². The van der Waals surface area contributed by atoms with E-state index < -0.39 is 0 Å². The molecule has 21 heavy (non-hydrogen) atoms. The van der Waals surface area contributed by atoms with Crippen LogP contribution in [0, 0.1) is 16.0 Å². The molecule has 1 saturated heterocycles. The Labute approximate surface area is 125 Å². The van der Waals surface area contributed by atoms with Crippen molar-refractivity contribution in [2.45, 2.75) is 32.7 Å². The molecule has 0 bridgehead atoms. The summed E-state index contributed by atoms with van der Waals surface area (Å²) in [6, 6.07) is 5.12. The first-order valence-electron chi connectivity index (χ1n) is 7.44. The van der Waals surface area contributed by atoms with Crippen LogP contribution in [0.4, 0.5) is 11.4 Å².